The van der Waals surface area contributed by atoms with Crippen LogP contribution < -0.4 is 0 Å². The molecule has 0 saturated heterocycles. The maximum Gasteiger partial charge on any atom is 0.225 e. The number of aryl methyl sites for hydroxylation is 1. The summed E-state index contributed by atoms with van der Waals surface area (Å²) < 4.78 is 5.20. The smallest absolute Gasteiger partial charge is 0.225 e. The molecule has 76 valence electrons. The Balaban J connectivity index is 2.23. The molecule has 3 nitrogen and oxygen atoms in total. The van der Waals surface area contributed by atoms with E-state index in [-0.39, 0.29) is 0 Å². The Hall–Kier alpha value is -1.90. The molecule has 0 spiro atoms. The van der Waals surface area contributed by atoms with Gasteiger partial charge in [0.25, 0.3) is 0 Å². The second-order valence-electron chi connectivity index (χ2n) is 3.24. The van der Waals surface area contributed by atoms with E-state index in [1.165, 1.54) is 0 Å². The molecule has 0 aliphatic heterocycles. The SMILES string of the molecule is O=CCCc1cccc(-c2ncco2)c1. The zero-order chi connectivity index (χ0) is 10.5. The van der Waals surface area contributed by atoms with Gasteiger partial charge in [-0.2, -0.15) is 0 Å². The lowest BCUT2D eigenvalue weighted by Crippen LogP contribution is -1.87. The first-order valence-corrected chi connectivity index (χ1v) is 4.82. The summed E-state index contributed by atoms with van der Waals surface area (Å²) in [5.74, 6) is 0.614. The van der Waals surface area contributed by atoms with Crippen LogP contribution in [0.5, 0.6) is 0 Å². The topological polar surface area (TPSA) is 43.1 Å². The van der Waals surface area contributed by atoms with Gasteiger partial charge in [-0.15, -0.1) is 0 Å². The Bertz CT molecular complexity index is 435. The molecule has 0 amide bonds. The van der Waals surface area contributed by atoms with Gasteiger partial charge in [-0.3, -0.25) is 0 Å². The van der Waals surface area contributed by atoms with E-state index >= 15 is 0 Å². The number of rotatable bonds is 4. The molecule has 1 aromatic carbocycles. The first-order chi connectivity index (χ1) is 7.40. The zero-order valence-corrected chi connectivity index (χ0v) is 8.22. The summed E-state index contributed by atoms with van der Waals surface area (Å²) in [5.41, 5.74) is 2.07. The van der Waals surface area contributed by atoms with E-state index < -0.39 is 0 Å². The fraction of sp³-hybridized carbons (Fsp3) is 0.167. The lowest BCUT2D eigenvalue weighted by molar-refractivity contribution is -0.107. The van der Waals surface area contributed by atoms with E-state index in [4.69, 9.17) is 4.42 Å². The number of benzene rings is 1. The highest BCUT2D eigenvalue weighted by Crippen LogP contribution is 2.18. The third kappa shape index (κ3) is 2.31. The molecule has 1 aromatic heterocycles. The molecule has 2 rings (SSSR count). The molecule has 0 N–H and O–H groups in total. The van der Waals surface area contributed by atoms with Crippen molar-refractivity contribution in [2.75, 3.05) is 0 Å². The van der Waals surface area contributed by atoms with Gasteiger partial charge in [0.15, 0.2) is 0 Å². The van der Waals surface area contributed by atoms with Gasteiger partial charge in [-0.05, 0) is 24.1 Å². The molecule has 0 radical (unpaired) electrons. The van der Waals surface area contributed by atoms with E-state index in [0.717, 1.165) is 23.8 Å². The monoisotopic (exact) mass is 201 g/mol. The van der Waals surface area contributed by atoms with Gasteiger partial charge < -0.3 is 9.21 Å². The maximum absolute atomic E-state index is 10.3. The van der Waals surface area contributed by atoms with Crippen LogP contribution in [0.1, 0.15) is 12.0 Å². The number of oxazole rings is 1. The highest BCUT2D eigenvalue weighted by molar-refractivity contribution is 5.55. The van der Waals surface area contributed by atoms with Crippen molar-refractivity contribution in [2.45, 2.75) is 12.8 Å². The van der Waals surface area contributed by atoms with Crippen LogP contribution in [0.15, 0.2) is 41.1 Å². The van der Waals surface area contributed by atoms with Crippen molar-refractivity contribution in [1.29, 1.82) is 0 Å². The average Bonchev–Trinajstić information content (AvgIpc) is 2.80. The molecule has 0 unspecified atom stereocenters. The Morgan fingerprint density at radius 3 is 3.07 bits per heavy atom. The van der Waals surface area contributed by atoms with Crippen molar-refractivity contribution >= 4 is 6.29 Å². The van der Waals surface area contributed by atoms with E-state index in [9.17, 15) is 4.79 Å². The zero-order valence-electron chi connectivity index (χ0n) is 8.22. The van der Waals surface area contributed by atoms with Crippen molar-refractivity contribution in [3.8, 4) is 11.5 Å². The van der Waals surface area contributed by atoms with Gasteiger partial charge in [0.1, 0.15) is 12.5 Å². The molecule has 0 bridgehead atoms. The van der Waals surface area contributed by atoms with Gasteiger partial charge in [-0.1, -0.05) is 12.1 Å². The van der Waals surface area contributed by atoms with Crippen LogP contribution >= 0.6 is 0 Å². The molecular weight excluding hydrogens is 190 g/mol. The van der Waals surface area contributed by atoms with Gasteiger partial charge in [0, 0.05) is 12.0 Å². The Labute approximate surface area is 87.8 Å². The van der Waals surface area contributed by atoms with Crippen LogP contribution in [0.3, 0.4) is 0 Å². The number of carbonyl (C=O) groups is 1. The van der Waals surface area contributed by atoms with Crippen LogP contribution in [0.25, 0.3) is 11.5 Å². The van der Waals surface area contributed by atoms with E-state index in [1.807, 2.05) is 24.3 Å². The lowest BCUT2D eigenvalue weighted by atomic mass is 10.1. The van der Waals surface area contributed by atoms with E-state index in [2.05, 4.69) is 4.98 Å². The molecule has 0 saturated carbocycles. The van der Waals surface area contributed by atoms with Crippen LogP contribution in [-0.4, -0.2) is 11.3 Å². The fourth-order valence-electron chi connectivity index (χ4n) is 1.45. The Morgan fingerprint density at radius 2 is 2.33 bits per heavy atom. The molecular formula is C12H11NO2. The van der Waals surface area contributed by atoms with Crippen LogP contribution in [0.2, 0.25) is 0 Å². The number of hydrogen-bond donors (Lipinski definition) is 0. The fourth-order valence-corrected chi connectivity index (χ4v) is 1.45. The van der Waals surface area contributed by atoms with Crippen LogP contribution in [-0.2, 0) is 11.2 Å². The number of hydrogen-bond acceptors (Lipinski definition) is 3. The molecule has 0 aliphatic rings. The predicted molar refractivity (Wildman–Crippen MR) is 56.3 cm³/mol. The quantitative estimate of drug-likeness (QED) is 0.713. The molecule has 2 aromatic rings. The molecule has 3 heteroatoms. The second-order valence-corrected chi connectivity index (χ2v) is 3.24. The van der Waals surface area contributed by atoms with Crippen LogP contribution in [0, 0.1) is 0 Å². The highest BCUT2D eigenvalue weighted by Gasteiger charge is 2.02. The predicted octanol–water partition coefficient (Wildman–Crippen LogP) is 2.47. The number of carbonyl (C=O) groups excluding carboxylic acids is 1. The lowest BCUT2D eigenvalue weighted by Gasteiger charge is -2.00. The summed E-state index contributed by atoms with van der Waals surface area (Å²) in [5, 5.41) is 0. The van der Waals surface area contributed by atoms with Crippen molar-refractivity contribution in [1.82, 2.24) is 4.98 Å². The van der Waals surface area contributed by atoms with Crippen molar-refractivity contribution < 1.29 is 9.21 Å². The standard InChI is InChI=1S/C12H11NO2/c14-7-2-4-10-3-1-5-11(9-10)12-13-6-8-15-12/h1,3,5-9H,2,4H2. The van der Waals surface area contributed by atoms with E-state index in [0.29, 0.717) is 12.3 Å². The summed E-state index contributed by atoms with van der Waals surface area (Å²) in [6, 6.07) is 7.88. The summed E-state index contributed by atoms with van der Waals surface area (Å²) in [6.07, 6.45) is 5.41. The first kappa shape index (κ1) is 9.65. The molecule has 1 heterocycles. The summed E-state index contributed by atoms with van der Waals surface area (Å²) >= 11 is 0. The minimum absolute atomic E-state index is 0.551. The second kappa shape index (κ2) is 4.55. The average molecular weight is 201 g/mol. The van der Waals surface area contributed by atoms with Crippen molar-refractivity contribution in [3.63, 3.8) is 0 Å². The third-order valence-electron chi connectivity index (χ3n) is 2.16. The largest absolute Gasteiger partial charge is 0.445 e. The van der Waals surface area contributed by atoms with Crippen LogP contribution in [0.4, 0.5) is 0 Å². The highest BCUT2D eigenvalue weighted by atomic mass is 16.3. The van der Waals surface area contributed by atoms with Crippen molar-refractivity contribution in [3.05, 3.63) is 42.3 Å². The summed E-state index contributed by atoms with van der Waals surface area (Å²) in [7, 11) is 0. The van der Waals surface area contributed by atoms with Gasteiger partial charge in [-0.25, -0.2) is 4.98 Å². The molecule has 0 fully saturated rings. The third-order valence-corrected chi connectivity index (χ3v) is 2.16. The Morgan fingerprint density at radius 1 is 1.40 bits per heavy atom. The first-order valence-electron chi connectivity index (χ1n) is 4.82. The van der Waals surface area contributed by atoms with Crippen molar-refractivity contribution in [2.24, 2.45) is 0 Å². The molecule has 0 atom stereocenters. The number of nitrogens with zero attached hydrogens (tertiary/aromatic N) is 1. The Kier molecular flexibility index (Phi) is 2.93. The number of aromatic nitrogens is 1. The summed E-state index contributed by atoms with van der Waals surface area (Å²) in [6.45, 7) is 0. The minimum atomic E-state index is 0.551. The normalized spacial score (nSPS) is 10.1. The van der Waals surface area contributed by atoms with Gasteiger partial charge >= 0.3 is 0 Å². The summed E-state index contributed by atoms with van der Waals surface area (Å²) in [4.78, 5) is 14.3. The minimum Gasteiger partial charge on any atom is -0.445 e. The van der Waals surface area contributed by atoms with E-state index in [1.54, 1.807) is 12.5 Å². The number of aldehydes is 1. The molecule has 15 heavy (non-hydrogen) atoms. The maximum atomic E-state index is 10.3. The molecule has 0 aliphatic carbocycles. The van der Waals surface area contributed by atoms with Gasteiger partial charge in [0.05, 0.1) is 6.20 Å². The van der Waals surface area contributed by atoms with Gasteiger partial charge in [0.2, 0.25) is 5.89 Å².